The summed E-state index contributed by atoms with van der Waals surface area (Å²) in [4.78, 5) is 0. The summed E-state index contributed by atoms with van der Waals surface area (Å²) in [7, 11) is 0. The van der Waals surface area contributed by atoms with E-state index in [0.717, 1.165) is 24.9 Å². The van der Waals surface area contributed by atoms with Gasteiger partial charge in [-0.05, 0) is 25.3 Å². The Balaban J connectivity index is 2.24. The highest BCUT2D eigenvalue weighted by atomic mass is 15.3. The first kappa shape index (κ1) is 12.8. The van der Waals surface area contributed by atoms with Crippen LogP contribution in [0.2, 0.25) is 0 Å². The lowest BCUT2D eigenvalue weighted by atomic mass is 9.84. The molecule has 2 rings (SSSR count). The monoisotopic (exact) mass is 243 g/mol. The van der Waals surface area contributed by atoms with E-state index >= 15 is 0 Å². The molecular weight excluding hydrogens is 222 g/mol. The van der Waals surface area contributed by atoms with Gasteiger partial charge in [0.2, 0.25) is 0 Å². The molecule has 96 valence electrons. The standard InChI is InChI=1S/C15H21N3/c1-3-15(16,10-13-8-6-5-7-9-13)14-11-17-18(4-2)12-14/h5-9,11-12H,3-4,10,16H2,1-2H3. The molecule has 1 aromatic heterocycles. The lowest BCUT2D eigenvalue weighted by Crippen LogP contribution is -2.38. The molecule has 0 aliphatic heterocycles. The predicted molar refractivity (Wildman–Crippen MR) is 74.2 cm³/mol. The topological polar surface area (TPSA) is 43.8 Å². The van der Waals surface area contributed by atoms with E-state index in [2.05, 4.69) is 49.4 Å². The molecule has 1 heterocycles. The number of nitrogens with zero attached hydrogens (tertiary/aromatic N) is 2. The Bertz CT molecular complexity index is 489. The van der Waals surface area contributed by atoms with Gasteiger partial charge in [-0.15, -0.1) is 0 Å². The van der Waals surface area contributed by atoms with Crippen LogP contribution >= 0.6 is 0 Å². The van der Waals surface area contributed by atoms with Crippen LogP contribution in [0.3, 0.4) is 0 Å². The Kier molecular flexibility index (Phi) is 3.82. The first-order chi connectivity index (χ1) is 8.68. The average Bonchev–Trinajstić information content (AvgIpc) is 2.89. The minimum absolute atomic E-state index is 0.325. The molecule has 1 unspecified atom stereocenters. The molecule has 0 saturated heterocycles. The quantitative estimate of drug-likeness (QED) is 0.877. The minimum Gasteiger partial charge on any atom is -0.321 e. The third-order valence-corrected chi connectivity index (χ3v) is 3.53. The van der Waals surface area contributed by atoms with Crippen molar-refractivity contribution in [1.82, 2.24) is 9.78 Å². The van der Waals surface area contributed by atoms with Crippen molar-refractivity contribution in [3.8, 4) is 0 Å². The molecule has 0 bridgehead atoms. The smallest absolute Gasteiger partial charge is 0.0540 e. The molecule has 0 amide bonds. The van der Waals surface area contributed by atoms with Crippen molar-refractivity contribution in [2.45, 2.75) is 38.8 Å². The first-order valence-corrected chi connectivity index (χ1v) is 6.53. The number of nitrogens with two attached hydrogens (primary N) is 1. The molecule has 0 fully saturated rings. The molecule has 1 atom stereocenters. The maximum Gasteiger partial charge on any atom is 0.0540 e. The second-order valence-corrected chi connectivity index (χ2v) is 4.76. The van der Waals surface area contributed by atoms with E-state index in [1.807, 2.05) is 16.9 Å². The van der Waals surface area contributed by atoms with Crippen molar-refractivity contribution in [3.05, 3.63) is 53.9 Å². The molecular formula is C15H21N3. The molecule has 2 aromatic rings. The maximum absolute atomic E-state index is 6.57. The SMILES string of the molecule is CCn1cc(C(N)(CC)Cc2ccccc2)cn1. The van der Waals surface area contributed by atoms with Gasteiger partial charge in [0.1, 0.15) is 0 Å². The van der Waals surface area contributed by atoms with Gasteiger partial charge in [-0.1, -0.05) is 37.3 Å². The summed E-state index contributed by atoms with van der Waals surface area (Å²) < 4.78 is 1.93. The van der Waals surface area contributed by atoms with Gasteiger partial charge in [0, 0.05) is 23.8 Å². The van der Waals surface area contributed by atoms with Gasteiger partial charge in [-0.2, -0.15) is 5.10 Å². The fraction of sp³-hybridized carbons (Fsp3) is 0.400. The lowest BCUT2D eigenvalue weighted by Gasteiger charge is -2.27. The fourth-order valence-corrected chi connectivity index (χ4v) is 2.18. The van der Waals surface area contributed by atoms with Crippen molar-refractivity contribution in [1.29, 1.82) is 0 Å². The molecule has 0 saturated carbocycles. The van der Waals surface area contributed by atoms with Gasteiger partial charge in [0.05, 0.1) is 6.20 Å². The number of hydrogen-bond acceptors (Lipinski definition) is 2. The Hall–Kier alpha value is -1.61. The number of hydrogen-bond donors (Lipinski definition) is 1. The van der Waals surface area contributed by atoms with Crippen LogP contribution in [0.5, 0.6) is 0 Å². The minimum atomic E-state index is -0.325. The molecule has 0 radical (unpaired) electrons. The van der Waals surface area contributed by atoms with Gasteiger partial charge in [0.25, 0.3) is 0 Å². The van der Waals surface area contributed by atoms with Crippen LogP contribution in [-0.2, 0) is 18.5 Å². The van der Waals surface area contributed by atoms with Gasteiger partial charge in [-0.25, -0.2) is 0 Å². The Labute approximate surface area is 109 Å². The second kappa shape index (κ2) is 5.36. The summed E-state index contributed by atoms with van der Waals surface area (Å²) in [6.45, 7) is 5.09. The fourth-order valence-electron chi connectivity index (χ4n) is 2.18. The van der Waals surface area contributed by atoms with Gasteiger partial charge in [0.15, 0.2) is 0 Å². The van der Waals surface area contributed by atoms with Gasteiger partial charge < -0.3 is 5.73 Å². The highest BCUT2D eigenvalue weighted by Crippen LogP contribution is 2.26. The van der Waals surface area contributed by atoms with Crippen molar-refractivity contribution >= 4 is 0 Å². The van der Waals surface area contributed by atoms with E-state index in [4.69, 9.17) is 5.73 Å². The summed E-state index contributed by atoms with van der Waals surface area (Å²) in [6.07, 6.45) is 5.71. The van der Waals surface area contributed by atoms with Crippen molar-refractivity contribution < 1.29 is 0 Å². The summed E-state index contributed by atoms with van der Waals surface area (Å²) in [5, 5.41) is 4.33. The number of rotatable bonds is 5. The van der Waals surface area contributed by atoms with E-state index in [9.17, 15) is 0 Å². The van der Waals surface area contributed by atoms with Crippen molar-refractivity contribution in [2.24, 2.45) is 5.73 Å². The van der Waals surface area contributed by atoms with Crippen LogP contribution in [0.4, 0.5) is 0 Å². The average molecular weight is 243 g/mol. The highest BCUT2D eigenvalue weighted by molar-refractivity contribution is 5.24. The van der Waals surface area contributed by atoms with Crippen molar-refractivity contribution in [3.63, 3.8) is 0 Å². The number of benzene rings is 1. The van der Waals surface area contributed by atoms with Gasteiger partial charge in [-0.3, -0.25) is 4.68 Å². The Morgan fingerprint density at radius 2 is 1.94 bits per heavy atom. The lowest BCUT2D eigenvalue weighted by molar-refractivity contribution is 0.424. The Morgan fingerprint density at radius 3 is 2.50 bits per heavy atom. The predicted octanol–water partition coefficient (Wildman–Crippen LogP) is 2.71. The molecule has 3 heteroatoms. The molecule has 1 aromatic carbocycles. The van der Waals surface area contributed by atoms with Crippen LogP contribution in [0, 0.1) is 0 Å². The normalized spacial score (nSPS) is 14.4. The van der Waals surface area contributed by atoms with E-state index in [1.165, 1.54) is 5.56 Å². The van der Waals surface area contributed by atoms with Crippen LogP contribution in [0.15, 0.2) is 42.7 Å². The molecule has 0 aliphatic carbocycles. The summed E-state index contributed by atoms with van der Waals surface area (Å²) in [5.74, 6) is 0. The van der Waals surface area contributed by atoms with Crippen LogP contribution < -0.4 is 5.73 Å². The van der Waals surface area contributed by atoms with Crippen molar-refractivity contribution in [2.75, 3.05) is 0 Å². The Morgan fingerprint density at radius 1 is 1.22 bits per heavy atom. The van der Waals surface area contributed by atoms with E-state index in [-0.39, 0.29) is 5.54 Å². The molecule has 3 nitrogen and oxygen atoms in total. The third kappa shape index (κ3) is 2.62. The van der Waals surface area contributed by atoms with E-state index < -0.39 is 0 Å². The second-order valence-electron chi connectivity index (χ2n) is 4.76. The highest BCUT2D eigenvalue weighted by Gasteiger charge is 2.27. The van der Waals surface area contributed by atoms with Crippen LogP contribution in [0.1, 0.15) is 31.4 Å². The molecule has 18 heavy (non-hydrogen) atoms. The molecule has 0 spiro atoms. The zero-order valence-corrected chi connectivity index (χ0v) is 11.1. The molecule has 2 N–H and O–H groups in total. The summed E-state index contributed by atoms with van der Waals surface area (Å²) >= 11 is 0. The van der Waals surface area contributed by atoms with Crippen LogP contribution in [0.25, 0.3) is 0 Å². The zero-order valence-electron chi connectivity index (χ0n) is 11.1. The van der Waals surface area contributed by atoms with Crippen LogP contribution in [-0.4, -0.2) is 9.78 Å². The molecule has 0 aliphatic rings. The maximum atomic E-state index is 6.57. The van der Waals surface area contributed by atoms with E-state index in [0.29, 0.717) is 0 Å². The summed E-state index contributed by atoms with van der Waals surface area (Å²) in [5.41, 5.74) is 8.63. The van der Waals surface area contributed by atoms with Gasteiger partial charge >= 0.3 is 0 Å². The number of aromatic nitrogens is 2. The first-order valence-electron chi connectivity index (χ1n) is 6.53. The largest absolute Gasteiger partial charge is 0.321 e. The number of aryl methyl sites for hydroxylation is 1. The summed E-state index contributed by atoms with van der Waals surface area (Å²) in [6, 6.07) is 10.4. The third-order valence-electron chi connectivity index (χ3n) is 3.53. The van der Waals surface area contributed by atoms with E-state index in [1.54, 1.807) is 0 Å². The zero-order chi connectivity index (χ0) is 13.0.